The molecule has 0 saturated heterocycles. The third-order valence-electron chi connectivity index (χ3n) is 4.09. The zero-order chi connectivity index (χ0) is 17.1. The summed E-state index contributed by atoms with van der Waals surface area (Å²) in [4.78, 5) is 11.6. The SMILES string of the molecule is Cc1cc(C)c(C)c(O[C@@H](Cc2cccc(Cl)c2C)C(=O)O)c1. The van der Waals surface area contributed by atoms with E-state index in [0.717, 1.165) is 27.8 Å². The van der Waals surface area contributed by atoms with Gasteiger partial charge in [0.15, 0.2) is 6.10 Å². The molecule has 0 heterocycles. The van der Waals surface area contributed by atoms with Crippen molar-refractivity contribution in [3.63, 3.8) is 0 Å². The van der Waals surface area contributed by atoms with E-state index < -0.39 is 12.1 Å². The maximum Gasteiger partial charge on any atom is 0.345 e. The summed E-state index contributed by atoms with van der Waals surface area (Å²) in [7, 11) is 0. The van der Waals surface area contributed by atoms with Gasteiger partial charge >= 0.3 is 5.97 Å². The lowest BCUT2D eigenvalue weighted by atomic mass is 10.0. The molecule has 0 aromatic heterocycles. The summed E-state index contributed by atoms with van der Waals surface area (Å²) in [5.74, 6) is -0.363. The van der Waals surface area contributed by atoms with E-state index in [4.69, 9.17) is 16.3 Å². The van der Waals surface area contributed by atoms with E-state index in [0.29, 0.717) is 10.8 Å². The molecule has 0 radical (unpaired) electrons. The summed E-state index contributed by atoms with van der Waals surface area (Å²) in [5.41, 5.74) is 4.87. The van der Waals surface area contributed by atoms with Gasteiger partial charge in [-0.3, -0.25) is 0 Å². The summed E-state index contributed by atoms with van der Waals surface area (Å²) in [6.45, 7) is 7.79. The topological polar surface area (TPSA) is 46.5 Å². The van der Waals surface area contributed by atoms with Gasteiger partial charge in [0.05, 0.1) is 0 Å². The van der Waals surface area contributed by atoms with Gasteiger partial charge in [0, 0.05) is 11.4 Å². The molecule has 0 spiro atoms. The lowest BCUT2D eigenvalue weighted by Crippen LogP contribution is -2.30. The zero-order valence-corrected chi connectivity index (χ0v) is 14.6. The molecule has 0 amide bonds. The number of rotatable bonds is 5. The van der Waals surface area contributed by atoms with Crippen LogP contribution in [0.5, 0.6) is 5.75 Å². The minimum atomic E-state index is -0.983. The molecule has 0 aliphatic carbocycles. The predicted molar refractivity (Wildman–Crippen MR) is 92.6 cm³/mol. The van der Waals surface area contributed by atoms with Crippen molar-refractivity contribution in [1.29, 1.82) is 0 Å². The number of benzene rings is 2. The van der Waals surface area contributed by atoms with E-state index in [-0.39, 0.29) is 6.42 Å². The van der Waals surface area contributed by atoms with Crippen molar-refractivity contribution in [2.75, 3.05) is 0 Å². The van der Waals surface area contributed by atoms with Crippen LogP contribution in [0.1, 0.15) is 27.8 Å². The molecule has 23 heavy (non-hydrogen) atoms. The van der Waals surface area contributed by atoms with E-state index in [1.165, 1.54) is 0 Å². The highest BCUT2D eigenvalue weighted by molar-refractivity contribution is 6.31. The Hall–Kier alpha value is -2.00. The maximum absolute atomic E-state index is 11.6. The molecule has 0 aliphatic rings. The molecule has 3 nitrogen and oxygen atoms in total. The van der Waals surface area contributed by atoms with E-state index >= 15 is 0 Å². The maximum atomic E-state index is 11.6. The second-order valence-electron chi connectivity index (χ2n) is 5.88. The van der Waals surface area contributed by atoms with Crippen molar-refractivity contribution >= 4 is 17.6 Å². The molecule has 1 atom stereocenters. The molecule has 0 fully saturated rings. The highest BCUT2D eigenvalue weighted by atomic mass is 35.5. The molecule has 1 N–H and O–H groups in total. The Kier molecular flexibility index (Phi) is 5.32. The van der Waals surface area contributed by atoms with Gasteiger partial charge in [-0.1, -0.05) is 29.8 Å². The van der Waals surface area contributed by atoms with Gasteiger partial charge in [-0.15, -0.1) is 0 Å². The van der Waals surface area contributed by atoms with Crippen molar-refractivity contribution in [3.05, 3.63) is 63.2 Å². The molecule has 0 bridgehead atoms. The molecular weight excluding hydrogens is 312 g/mol. The fourth-order valence-corrected chi connectivity index (χ4v) is 2.72. The number of carbonyl (C=O) groups is 1. The first-order valence-electron chi connectivity index (χ1n) is 7.51. The van der Waals surface area contributed by atoms with Gasteiger partial charge in [-0.25, -0.2) is 4.79 Å². The van der Waals surface area contributed by atoms with Crippen LogP contribution in [0.25, 0.3) is 0 Å². The third-order valence-corrected chi connectivity index (χ3v) is 4.50. The second-order valence-corrected chi connectivity index (χ2v) is 6.28. The Balaban J connectivity index is 2.30. The Bertz CT molecular complexity index is 738. The Morgan fingerprint density at radius 2 is 1.87 bits per heavy atom. The zero-order valence-electron chi connectivity index (χ0n) is 13.8. The molecule has 4 heteroatoms. The number of carboxylic acids is 1. The average Bonchev–Trinajstić information content (AvgIpc) is 2.47. The number of carboxylic acid groups (broad SMARTS) is 1. The third kappa shape index (κ3) is 4.05. The van der Waals surface area contributed by atoms with Gasteiger partial charge in [0.1, 0.15) is 5.75 Å². The van der Waals surface area contributed by atoms with Crippen LogP contribution in [0.2, 0.25) is 5.02 Å². The van der Waals surface area contributed by atoms with Gasteiger partial charge < -0.3 is 9.84 Å². The van der Waals surface area contributed by atoms with E-state index in [1.54, 1.807) is 6.07 Å². The first-order valence-corrected chi connectivity index (χ1v) is 7.88. The lowest BCUT2D eigenvalue weighted by Gasteiger charge is -2.19. The van der Waals surface area contributed by atoms with Crippen LogP contribution in [0.4, 0.5) is 0 Å². The van der Waals surface area contributed by atoms with Crippen molar-refractivity contribution in [1.82, 2.24) is 0 Å². The van der Waals surface area contributed by atoms with Crippen LogP contribution >= 0.6 is 11.6 Å². The first kappa shape index (κ1) is 17.4. The summed E-state index contributed by atoms with van der Waals surface area (Å²) in [5, 5.41) is 10.2. The summed E-state index contributed by atoms with van der Waals surface area (Å²) >= 11 is 6.12. The second kappa shape index (κ2) is 7.05. The Morgan fingerprint density at radius 1 is 1.17 bits per heavy atom. The summed E-state index contributed by atoms with van der Waals surface area (Å²) < 4.78 is 5.82. The highest BCUT2D eigenvalue weighted by Gasteiger charge is 2.22. The summed E-state index contributed by atoms with van der Waals surface area (Å²) in [6, 6.07) is 9.44. The van der Waals surface area contributed by atoms with Gasteiger partial charge in [-0.05, 0) is 67.6 Å². The molecule has 2 aromatic rings. The minimum absolute atomic E-state index is 0.272. The van der Waals surface area contributed by atoms with Crippen LogP contribution in [-0.4, -0.2) is 17.2 Å². The fraction of sp³-hybridized carbons (Fsp3) is 0.316. The van der Waals surface area contributed by atoms with Crippen LogP contribution in [0.3, 0.4) is 0 Å². The van der Waals surface area contributed by atoms with E-state index in [9.17, 15) is 9.90 Å². The lowest BCUT2D eigenvalue weighted by molar-refractivity contribution is -0.145. The quantitative estimate of drug-likeness (QED) is 0.867. The number of halogens is 1. The minimum Gasteiger partial charge on any atom is -0.478 e. The van der Waals surface area contributed by atoms with E-state index in [1.807, 2.05) is 45.9 Å². The normalized spacial score (nSPS) is 12.0. The monoisotopic (exact) mass is 332 g/mol. The number of aliphatic carboxylic acids is 1. The number of hydrogen-bond acceptors (Lipinski definition) is 2. The van der Waals surface area contributed by atoms with Crippen LogP contribution < -0.4 is 4.74 Å². The smallest absolute Gasteiger partial charge is 0.345 e. The molecule has 122 valence electrons. The van der Waals surface area contributed by atoms with Crippen molar-refractivity contribution < 1.29 is 14.6 Å². The van der Waals surface area contributed by atoms with Crippen molar-refractivity contribution in [3.8, 4) is 5.75 Å². The number of ether oxygens (including phenoxy) is 1. The van der Waals surface area contributed by atoms with Crippen LogP contribution in [-0.2, 0) is 11.2 Å². The molecule has 2 aromatic carbocycles. The Labute approximate surface area is 141 Å². The van der Waals surface area contributed by atoms with Gasteiger partial charge in [0.2, 0.25) is 0 Å². The summed E-state index contributed by atoms with van der Waals surface area (Å²) in [6.07, 6.45) is -0.680. The highest BCUT2D eigenvalue weighted by Crippen LogP contribution is 2.26. The van der Waals surface area contributed by atoms with Crippen LogP contribution in [0.15, 0.2) is 30.3 Å². The predicted octanol–water partition coefficient (Wildman–Crippen LogP) is 4.65. The van der Waals surface area contributed by atoms with Crippen molar-refractivity contribution in [2.24, 2.45) is 0 Å². The average molecular weight is 333 g/mol. The molecule has 0 aliphatic heterocycles. The standard InChI is InChI=1S/C19H21ClO3/c1-11-8-12(2)13(3)17(9-11)23-18(19(21)22)10-15-6-5-7-16(20)14(15)4/h5-9,18H,10H2,1-4H3,(H,21,22)/t18-/m0/s1. The number of hydrogen-bond donors (Lipinski definition) is 1. The first-order chi connectivity index (χ1) is 10.8. The molecule has 2 rings (SSSR count). The molecule has 0 unspecified atom stereocenters. The van der Waals surface area contributed by atoms with Crippen molar-refractivity contribution in [2.45, 2.75) is 40.2 Å². The fourth-order valence-electron chi connectivity index (χ4n) is 2.53. The van der Waals surface area contributed by atoms with Crippen LogP contribution in [0, 0.1) is 27.7 Å². The number of aryl methyl sites for hydroxylation is 2. The van der Waals surface area contributed by atoms with Gasteiger partial charge in [0.25, 0.3) is 0 Å². The molecular formula is C19H21ClO3. The Morgan fingerprint density at radius 3 is 2.52 bits per heavy atom. The largest absolute Gasteiger partial charge is 0.478 e. The van der Waals surface area contributed by atoms with E-state index in [2.05, 4.69) is 6.07 Å². The van der Waals surface area contributed by atoms with Gasteiger partial charge in [-0.2, -0.15) is 0 Å². The molecule has 0 saturated carbocycles.